The van der Waals surface area contributed by atoms with E-state index in [1.165, 1.54) is 46.1 Å². The van der Waals surface area contributed by atoms with Crippen molar-refractivity contribution in [2.24, 2.45) is 0 Å². The summed E-state index contributed by atoms with van der Waals surface area (Å²) in [5, 5.41) is 38.4. The van der Waals surface area contributed by atoms with Gasteiger partial charge in [0.2, 0.25) is 0 Å². The zero-order valence-electron chi connectivity index (χ0n) is 33.5. The number of fused-ring (bicyclic) bond motifs is 2. The third-order valence-electron chi connectivity index (χ3n) is 11.6. The van der Waals surface area contributed by atoms with Gasteiger partial charge < -0.3 is 19.8 Å². The molecule has 2 N–H and O–H groups in total. The number of unbranched alkanes of at least 4 members (excludes halogenated alkanes) is 2. The number of hydrogen-bond donors (Lipinski definition) is 2. The summed E-state index contributed by atoms with van der Waals surface area (Å²) in [7, 11) is 0. The first-order valence-electron chi connectivity index (χ1n) is 20.5. The topological polar surface area (TPSA) is 140 Å². The molecule has 0 bridgehead atoms. The van der Waals surface area contributed by atoms with Gasteiger partial charge in [0.25, 0.3) is 0 Å². The quantitative estimate of drug-likeness (QED) is 0.117. The summed E-state index contributed by atoms with van der Waals surface area (Å²) in [6.45, 7) is 10.7. The van der Waals surface area contributed by atoms with Crippen molar-refractivity contribution >= 4 is 45.6 Å². The molecule has 4 heterocycles. The SMILES string of the molecule is Cl.N#Cc1ccc(N2CCN(CCCCc3c[nH]c4ccc(C#N)cc34)CC2)cc1.N#Cc1ccc(N2CCN(CCCCc3c[nH]c4ccc(C#N)cc34)CC2)cc1. The molecule has 0 saturated carbocycles. The minimum atomic E-state index is 0. The van der Waals surface area contributed by atoms with Crippen molar-refractivity contribution in [2.45, 2.75) is 38.5 Å². The normalized spacial score (nSPS) is 14.4. The zero-order chi connectivity index (χ0) is 40.1. The second kappa shape index (κ2) is 20.9. The number of hydrogen-bond acceptors (Lipinski definition) is 8. The molecule has 300 valence electrons. The molecule has 6 aromatic rings. The van der Waals surface area contributed by atoms with E-state index in [9.17, 15) is 0 Å². The molecule has 0 aliphatic carbocycles. The molecule has 2 fully saturated rings. The van der Waals surface area contributed by atoms with Crippen molar-refractivity contribution in [1.29, 1.82) is 21.0 Å². The number of aromatic nitrogens is 2. The van der Waals surface area contributed by atoms with Gasteiger partial charge in [-0.25, -0.2) is 0 Å². The maximum atomic E-state index is 9.12. The van der Waals surface area contributed by atoms with Crippen LogP contribution in [-0.2, 0) is 12.8 Å². The van der Waals surface area contributed by atoms with E-state index in [4.69, 9.17) is 21.0 Å². The van der Waals surface area contributed by atoms with E-state index >= 15 is 0 Å². The van der Waals surface area contributed by atoms with E-state index in [0.29, 0.717) is 11.1 Å². The third-order valence-corrected chi connectivity index (χ3v) is 11.6. The summed E-state index contributed by atoms with van der Waals surface area (Å²) in [5.74, 6) is 0. The third kappa shape index (κ3) is 11.0. The zero-order valence-corrected chi connectivity index (χ0v) is 34.4. The molecule has 0 radical (unpaired) electrons. The van der Waals surface area contributed by atoms with Crippen LogP contribution < -0.4 is 9.80 Å². The average Bonchev–Trinajstić information content (AvgIpc) is 3.90. The van der Waals surface area contributed by atoms with Gasteiger partial charge in [0.05, 0.1) is 46.5 Å². The Morgan fingerprint density at radius 1 is 0.441 bits per heavy atom. The molecule has 8 rings (SSSR count). The number of nitriles is 4. The molecule has 0 unspecified atom stereocenters. The van der Waals surface area contributed by atoms with Crippen LogP contribution in [0.5, 0.6) is 0 Å². The van der Waals surface area contributed by atoms with E-state index in [1.54, 1.807) is 0 Å². The van der Waals surface area contributed by atoms with Gasteiger partial charge in [0.15, 0.2) is 0 Å². The lowest BCUT2D eigenvalue weighted by atomic mass is 10.1. The van der Waals surface area contributed by atoms with Gasteiger partial charge in [-0.2, -0.15) is 21.0 Å². The molecular formula is C48H51ClN10. The smallest absolute Gasteiger partial charge is 0.0991 e. The largest absolute Gasteiger partial charge is 0.369 e. The van der Waals surface area contributed by atoms with Gasteiger partial charge in [0, 0.05) is 97.9 Å². The van der Waals surface area contributed by atoms with Gasteiger partial charge in [-0.05, 0) is 148 Å². The minimum absolute atomic E-state index is 0. The van der Waals surface area contributed by atoms with Crippen LogP contribution in [0.3, 0.4) is 0 Å². The van der Waals surface area contributed by atoms with Crippen LogP contribution >= 0.6 is 12.4 Å². The van der Waals surface area contributed by atoms with Gasteiger partial charge in [-0.1, -0.05) is 0 Å². The second-order valence-electron chi connectivity index (χ2n) is 15.3. The molecule has 11 heteroatoms. The number of rotatable bonds is 12. The van der Waals surface area contributed by atoms with Gasteiger partial charge >= 0.3 is 0 Å². The first-order valence-corrected chi connectivity index (χ1v) is 20.5. The number of aromatic amines is 2. The summed E-state index contributed by atoms with van der Waals surface area (Å²) < 4.78 is 0. The molecule has 4 aromatic carbocycles. The Morgan fingerprint density at radius 3 is 1.15 bits per heavy atom. The van der Waals surface area contributed by atoms with Gasteiger partial charge in [-0.3, -0.25) is 9.80 Å². The highest BCUT2D eigenvalue weighted by molar-refractivity contribution is 5.86. The van der Waals surface area contributed by atoms with Crippen LogP contribution in [0, 0.1) is 45.3 Å². The fraction of sp³-hybridized carbons (Fsp3) is 0.333. The lowest BCUT2D eigenvalue weighted by Crippen LogP contribution is -2.46. The first-order chi connectivity index (χ1) is 28.5. The molecular weight excluding hydrogens is 752 g/mol. The monoisotopic (exact) mass is 802 g/mol. The molecule has 0 spiro atoms. The number of H-pyrrole nitrogens is 2. The van der Waals surface area contributed by atoms with Crippen LogP contribution in [0.1, 0.15) is 59.1 Å². The number of aryl methyl sites for hydroxylation is 2. The van der Waals surface area contributed by atoms with Gasteiger partial charge in [0.1, 0.15) is 0 Å². The standard InChI is InChI=1S/2C24H25N5.ClH/c2*25-16-19-4-7-22(8-5-19)29-13-11-28(12-14-29)10-2-1-3-21-18-27-24-9-6-20(17-26)15-23(21)24;/h2*4-9,15,18,27H,1-3,10-14H2;1H. The van der Waals surface area contributed by atoms with E-state index in [0.717, 1.165) is 113 Å². The Hall–Kier alpha value is -6.27. The number of benzene rings is 4. The van der Waals surface area contributed by atoms with Crippen molar-refractivity contribution in [3.63, 3.8) is 0 Å². The number of anilines is 2. The highest BCUT2D eigenvalue weighted by Gasteiger charge is 2.18. The van der Waals surface area contributed by atoms with Crippen LogP contribution in [0.2, 0.25) is 0 Å². The molecule has 2 aliphatic rings. The lowest BCUT2D eigenvalue weighted by molar-refractivity contribution is 0.253. The molecule has 2 aromatic heterocycles. The van der Waals surface area contributed by atoms with Crippen molar-refractivity contribution < 1.29 is 0 Å². The van der Waals surface area contributed by atoms with Crippen LogP contribution in [0.15, 0.2) is 97.3 Å². The van der Waals surface area contributed by atoms with E-state index in [1.807, 2.05) is 84.9 Å². The Labute approximate surface area is 353 Å². The molecule has 2 aliphatic heterocycles. The van der Waals surface area contributed by atoms with E-state index in [2.05, 4.69) is 66.2 Å². The molecule has 10 nitrogen and oxygen atoms in total. The van der Waals surface area contributed by atoms with E-state index in [-0.39, 0.29) is 12.4 Å². The second-order valence-corrected chi connectivity index (χ2v) is 15.3. The fourth-order valence-electron chi connectivity index (χ4n) is 8.16. The Balaban J connectivity index is 0.000000195. The number of nitrogens with zero attached hydrogens (tertiary/aromatic N) is 8. The Bertz CT molecular complexity index is 2270. The van der Waals surface area contributed by atoms with Crippen LogP contribution in [-0.4, -0.2) is 85.2 Å². The summed E-state index contributed by atoms with van der Waals surface area (Å²) in [4.78, 5) is 16.5. The van der Waals surface area contributed by atoms with Crippen LogP contribution in [0.4, 0.5) is 11.4 Å². The summed E-state index contributed by atoms with van der Waals surface area (Å²) in [5.41, 5.74) is 10.1. The lowest BCUT2D eigenvalue weighted by Gasteiger charge is -2.36. The van der Waals surface area contributed by atoms with E-state index < -0.39 is 0 Å². The summed E-state index contributed by atoms with van der Waals surface area (Å²) in [6.07, 6.45) is 10.9. The molecule has 2 saturated heterocycles. The van der Waals surface area contributed by atoms with Crippen molar-refractivity contribution in [3.8, 4) is 24.3 Å². The highest BCUT2D eigenvalue weighted by Crippen LogP contribution is 2.24. The summed E-state index contributed by atoms with van der Waals surface area (Å²) >= 11 is 0. The highest BCUT2D eigenvalue weighted by atomic mass is 35.5. The van der Waals surface area contributed by atoms with Crippen molar-refractivity contribution in [3.05, 3.63) is 131 Å². The molecule has 59 heavy (non-hydrogen) atoms. The van der Waals surface area contributed by atoms with Crippen molar-refractivity contribution in [1.82, 2.24) is 19.8 Å². The summed E-state index contributed by atoms with van der Waals surface area (Å²) in [6, 6.07) is 36.3. The maximum absolute atomic E-state index is 9.12. The average molecular weight is 803 g/mol. The maximum Gasteiger partial charge on any atom is 0.0991 e. The molecule has 0 amide bonds. The Kier molecular flexibility index (Phi) is 15.0. The predicted molar refractivity (Wildman–Crippen MR) is 239 cm³/mol. The molecule has 0 atom stereocenters. The number of nitrogens with one attached hydrogen (secondary N) is 2. The Morgan fingerprint density at radius 2 is 0.797 bits per heavy atom. The van der Waals surface area contributed by atoms with Gasteiger partial charge in [-0.15, -0.1) is 12.4 Å². The minimum Gasteiger partial charge on any atom is -0.369 e. The predicted octanol–water partition coefficient (Wildman–Crippen LogP) is 8.53. The number of halogens is 1. The number of piperazine rings is 2. The van der Waals surface area contributed by atoms with Crippen molar-refractivity contribution in [2.75, 3.05) is 75.2 Å². The fourth-order valence-corrected chi connectivity index (χ4v) is 8.16. The first kappa shape index (κ1) is 42.3. The van der Waals surface area contributed by atoms with Crippen LogP contribution in [0.25, 0.3) is 21.8 Å².